The van der Waals surface area contributed by atoms with Gasteiger partial charge in [-0.25, -0.2) is 4.79 Å². The van der Waals surface area contributed by atoms with E-state index in [1.165, 1.54) is 0 Å². The number of para-hydroxylation sites is 1. The Hall–Kier alpha value is -2.33. The van der Waals surface area contributed by atoms with Crippen LogP contribution < -0.4 is 15.4 Å². The van der Waals surface area contributed by atoms with Gasteiger partial charge >= 0.3 is 6.09 Å². The van der Waals surface area contributed by atoms with Crippen LogP contribution in [0.3, 0.4) is 0 Å². The highest BCUT2D eigenvalue weighted by atomic mass is 16.6. The lowest BCUT2D eigenvalue weighted by atomic mass is 10.2. The number of amides is 1. The van der Waals surface area contributed by atoms with Crippen LogP contribution in [-0.2, 0) is 6.54 Å². The van der Waals surface area contributed by atoms with Gasteiger partial charge in [0.05, 0.1) is 0 Å². The predicted molar refractivity (Wildman–Crippen MR) is 84.4 cm³/mol. The van der Waals surface area contributed by atoms with Crippen LogP contribution in [0.5, 0.6) is 5.75 Å². The minimum absolute atomic E-state index is 0.00932. The maximum absolute atomic E-state index is 12.4. The van der Waals surface area contributed by atoms with Crippen molar-refractivity contribution in [1.82, 2.24) is 0 Å². The molecule has 0 unspecified atom stereocenters. The number of carbonyl (C=O) groups is 1. The van der Waals surface area contributed by atoms with Gasteiger partial charge in [-0.05, 0) is 43.7 Å². The van der Waals surface area contributed by atoms with Crippen molar-refractivity contribution in [3.8, 4) is 5.75 Å². The van der Waals surface area contributed by atoms with E-state index in [4.69, 9.17) is 10.5 Å². The molecule has 0 fully saturated rings. The Morgan fingerprint density at radius 1 is 1.10 bits per heavy atom. The number of benzene rings is 2. The molecule has 0 aliphatic rings. The van der Waals surface area contributed by atoms with Crippen LogP contribution in [0.4, 0.5) is 10.5 Å². The van der Waals surface area contributed by atoms with E-state index >= 15 is 0 Å². The van der Waals surface area contributed by atoms with E-state index in [1.807, 2.05) is 56.3 Å². The van der Waals surface area contributed by atoms with Gasteiger partial charge in [-0.15, -0.1) is 0 Å². The number of nitrogens with two attached hydrogens (primary N) is 1. The Bertz CT molecular complexity index is 579. The fourth-order valence-corrected chi connectivity index (χ4v) is 2.05. The summed E-state index contributed by atoms with van der Waals surface area (Å²) < 4.78 is 5.41. The second-order valence-corrected chi connectivity index (χ2v) is 5.02. The summed E-state index contributed by atoms with van der Waals surface area (Å²) in [5.74, 6) is 0.534. The molecule has 0 radical (unpaired) electrons. The summed E-state index contributed by atoms with van der Waals surface area (Å²) in [5, 5.41) is 0. The number of carbonyl (C=O) groups excluding carboxylic acids is 1. The molecule has 2 N–H and O–H groups in total. The van der Waals surface area contributed by atoms with Crippen molar-refractivity contribution in [3.05, 3.63) is 60.2 Å². The molecule has 4 heteroatoms. The standard InChI is InChI=1S/C17H20N2O2/c1-13(2)19(15-10-8-14(12-18)9-11-15)17(20)21-16-6-4-3-5-7-16/h3-11,13H,12,18H2,1-2H3. The Morgan fingerprint density at radius 2 is 1.71 bits per heavy atom. The van der Waals surface area contributed by atoms with Gasteiger partial charge in [-0.2, -0.15) is 0 Å². The number of hydrogen-bond donors (Lipinski definition) is 1. The molecule has 2 aromatic rings. The van der Waals surface area contributed by atoms with Gasteiger partial charge in [0.1, 0.15) is 5.75 Å². The van der Waals surface area contributed by atoms with Crippen molar-refractivity contribution < 1.29 is 9.53 Å². The zero-order valence-corrected chi connectivity index (χ0v) is 12.3. The van der Waals surface area contributed by atoms with Gasteiger partial charge in [0, 0.05) is 18.3 Å². The summed E-state index contributed by atoms with van der Waals surface area (Å²) >= 11 is 0. The van der Waals surface area contributed by atoms with E-state index in [-0.39, 0.29) is 6.04 Å². The van der Waals surface area contributed by atoms with Crippen molar-refractivity contribution in [2.75, 3.05) is 4.90 Å². The molecule has 0 aliphatic heterocycles. The Labute approximate surface area is 125 Å². The Morgan fingerprint density at radius 3 is 2.24 bits per heavy atom. The first-order chi connectivity index (χ1) is 10.1. The Kier molecular flexibility index (Phi) is 4.95. The highest BCUT2D eigenvalue weighted by Crippen LogP contribution is 2.20. The van der Waals surface area contributed by atoms with Gasteiger partial charge in [-0.1, -0.05) is 30.3 Å². The number of anilines is 1. The zero-order valence-electron chi connectivity index (χ0n) is 12.3. The molecular formula is C17H20N2O2. The molecule has 4 nitrogen and oxygen atoms in total. The highest BCUT2D eigenvalue weighted by molar-refractivity contribution is 5.89. The van der Waals surface area contributed by atoms with E-state index in [9.17, 15) is 4.79 Å². The third-order valence-corrected chi connectivity index (χ3v) is 3.11. The molecule has 21 heavy (non-hydrogen) atoms. The molecule has 0 spiro atoms. The SMILES string of the molecule is CC(C)N(C(=O)Oc1ccccc1)c1ccc(CN)cc1. The summed E-state index contributed by atoms with van der Waals surface area (Å²) in [6.45, 7) is 4.38. The van der Waals surface area contributed by atoms with E-state index < -0.39 is 6.09 Å². The van der Waals surface area contributed by atoms with Crippen LogP contribution in [0.25, 0.3) is 0 Å². The molecule has 0 bridgehead atoms. The lowest BCUT2D eigenvalue weighted by Crippen LogP contribution is -2.39. The van der Waals surface area contributed by atoms with Crippen LogP contribution in [0.2, 0.25) is 0 Å². The second kappa shape index (κ2) is 6.90. The lowest BCUT2D eigenvalue weighted by Gasteiger charge is -2.26. The number of ether oxygens (including phenoxy) is 1. The molecule has 1 amide bonds. The van der Waals surface area contributed by atoms with Gasteiger partial charge in [0.2, 0.25) is 0 Å². The fraction of sp³-hybridized carbons (Fsp3) is 0.235. The first kappa shape index (κ1) is 15.1. The number of nitrogens with zero attached hydrogens (tertiary/aromatic N) is 1. The average molecular weight is 284 g/mol. The van der Waals surface area contributed by atoms with Crippen molar-refractivity contribution in [2.45, 2.75) is 26.4 Å². The molecule has 2 aromatic carbocycles. The van der Waals surface area contributed by atoms with Gasteiger partial charge in [0.25, 0.3) is 0 Å². The van der Waals surface area contributed by atoms with Crippen LogP contribution in [0.1, 0.15) is 19.4 Å². The molecule has 2 rings (SSSR count). The zero-order chi connectivity index (χ0) is 15.2. The quantitative estimate of drug-likeness (QED) is 0.934. The minimum atomic E-state index is -0.392. The van der Waals surface area contributed by atoms with Crippen LogP contribution in [0.15, 0.2) is 54.6 Å². The molecule has 0 saturated carbocycles. The number of rotatable bonds is 4. The highest BCUT2D eigenvalue weighted by Gasteiger charge is 2.21. The van der Waals surface area contributed by atoms with Crippen molar-refractivity contribution in [1.29, 1.82) is 0 Å². The van der Waals surface area contributed by atoms with Gasteiger partial charge < -0.3 is 10.5 Å². The van der Waals surface area contributed by atoms with E-state index in [1.54, 1.807) is 17.0 Å². The molecular weight excluding hydrogens is 264 g/mol. The topological polar surface area (TPSA) is 55.6 Å². The monoisotopic (exact) mass is 284 g/mol. The summed E-state index contributed by atoms with van der Waals surface area (Å²) in [6.07, 6.45) is -0.392. The first-order valence-electron chi connectivity index (χ1n) is 6.97. The average Bonchev–Trinajstić information content (AvgIpc) is 2.49. The van der Waals surface area contributed by atoms with Gasteiger partial charge in [-0.3, -0.25) is 4.90 Å². The van der Waals surface area contributed by atoms with Crippen molar-refractivity contribution in [2.24, 2.45) is 5.73 Å². The van der Waals surface area contributed by atoms with Crippen molar-refractivity contribution in [3.63, 3.8) is 0 Å². The van der Waals surface area contributed by atoms with Crippen LogP contribution in [-0.4, -0.2) is 12.1 Å². The summed E-state index contributed by atoms with van der Waals surface area (Å²) in [7, 11) is 0. The minimum Gasteiger partial charge on any atom is -0.410 e. The fourth-order valence-electron chi connectivity index (χ4n) is 2.05. The molecule has 0 saturated heterocycles. The van der Waals surface area contributed by atoms with Crippen LogP contribution in [0, 0.1) is 0 Å². The van der Waals surface area contributed by atoms with Crippen molar-refractivity contribution >= 4 is 11.8 Å². The summed E-state index contributed by atoms with van der Waals surface area (Å²) in [6, 6.07) is 16.6. The summed E-state index contributed by atoms with van der Waals surface area (Å²) in [4.78, 5) is 14.0. The van der Waals surface area contributed by atoms with E-state index in [2.05, 4.69) is 0 Å². The second-order valence-electron chi connectivity index (χ2n) is 5.02. The molecule has 0 atom stereocenters. The van der Waals surface area contributed by atoms with E-state index in [0.29, 0.717) is 12.3 Å². The maximum atomic E-state index is 12.4. The smallest absolute Gasteiger partial charge is 0.410 e. The third kappa shape index (κ3) is 3.83. The molecule has 0 aromatic heterocycles. The number of hydrogen-bond acceptors (Lipinski definition) is 3. The summed E-state index contributed by atoms with van der Waals surface area (Å²) in [5.41, 5.74) is 7.41. The van der Waals surface area contributed by atoms with E-state index in [0.717, 1.165) is 11.3 Å². The molecule has 0 aliphatic carbocycles. The largest absolute Gasteiger partial charge is 0.419 e. The van der Waals surface area contributed by atoms with Crippen LogP contribution >= 0.6 is 0 Å². The predicted octanol–water partition coefficient (Wildman–Crippen LogP) is 3.56. The van der Waals surface area contributed by atoms with Gasteiger partial charge in [0.15, 0.2) is 0 Å². The first-order valence-corrected chi connectivity index (χ1v) is 6.97. The Balaban J connectivity index is 2.19. The molecule has 0 heterocycles. The maximum Gasteiger partial charge on any atom is 0.419 e. The normalized spacial score (nSPS) is 10.5. The lowest BCUT2D eigenvalue weighted by molar-refractivity contribution is 0.206. The molecule has 110 valence electrons. The third-order valence-electron chi connectivity index (χ3n) is 3.11.